The van der Waals surface area contributed by atoms with Crippen LogP contribution in [0, 0.1) is 0 Å². The molecule has 2 rings (SSSR count). The molecular formula is C12H21N3S. The lowest BCUT2D eigenvalue weighted by Crippen LogP contribution is -2.09. The Bertz CT molecular complexity index is 314. The monoisotopic (exact) mass is 239 g/mol. The van der Waals surface area contributed by atoms with Crippen LogP contribution in [0.5, 0.6) is 0 Å². The first kappa shape index (κ1) is 11.8. The highest BCUT2D eigenvalue weighted by Crippen LogP contribution is 2.31. The highest BCUT2D eigenvalue weighted by atomic mass is 32.1. The van der Waals surface area contributed by atoms with Crippen molar-refractivity contribution in [1.82, 2.24) is 9.36 Å². The van der Waals surface area contributed by atoms with E-state index in [-0.39, 0.29) is 0 Å². The van der Waals surface area contributed by atoms with Gasteiger partial charge < -0.3 is 5.32 Å². The molecule has 1 aliphatic carbocycles. The number of rotatable bonds is 3. The minimum atomic E-state index is 0.440. The molecular weight excluding hydrogens is 218 g/mol. The molecule has 16 heavy (non-hydrogen) atoms. The summed E-state index contributed by atoms with van der Waals surface area (Å²) in [6.45, 7) is 4.26. The van der Waals surface area contributed by atoms with E-state index in [0.29, 0.717) is 12.0 Å². The number of aromatic nitrogens is 2. The first-order valence-electron chi connectivity index (χ1n) is 6.36. The van der Waals surface area contributed by atoms with Crippen LogP contribution in [0.2, 0.25) is 0 Å². The zero-order valence-corrected chi connectivity index (χ0v) is 11.0. The molecule has 0 atom stereocenters. The van der Waals surface area contributed by atoms with Crippen molar-refractivity contribution in [2.45, 2.75) is 64.3 Å². The molecule has 1 N–H and O–H groups in total. The summed E-state index contributed by atoms with van der Waals surface area (Å²) in [7, 11) is 0. The van der Waals surface area contributed by atoms with Crippen LogP contribution >= 0.6 is 11.5 Å². The van der Waals surface area contributed by atoms with Crippen LogP contribution in [0.25, 0.3) is 0 Å². The molecule has 0 unspecified atom stereocenters. The van der Waals surface area contributed by atoms with Crippen LogP contribution in [0.3, 0.4) is 0 Å². The molecule has 1 aromatic rings. The van der Waals surface area contributed by atoms with E-state index in [1.807, 2.05) is 0 Å². The third kappa shape index (κ3) is 3.17. The summed E-state index contributed by atoms with van der Waals surface area (Å²) in [5.41, 5.74) is 0. The van der Waals surface area contributed by atoms with E-state index < -0.39 is 0 Å². The Morgan fingerprint density at radius 3 is 2.50 bits per heavy atom. The van der Waals surface area contributed by atoms with Crippen molar-refractivity contribution in [3.63, 3.8) is 0 Å². The van der Waals surface area contributed by atoms with Gasteiger partial charge >= 0.3 is 0 Å². The van der Waals surface area contributed by atoms with Gasteiger partial charge in [-0.15, -0.1) is 0 Å². The van der Waals surface area contributed by atoms with Gasteiger partial charge in [-0.2, -0.15) is 4.37 Å². The molecule has 0 spiro atoms. The van der Waals surface area contributed by atoms with E-state index in [2.05, 4.69) is 28.5 Å². The van der Waals surface area contributed by atoms with Gasteiger partial charge in [0.2, 0.25) is 5.13 Å². The maximum Gasteiger partial charge on any atom is 0.202 e. The maximum absolute atomic E-state index is 4.61. The van der Waals surface area contributed by atoms with E-state index >= 15 is 0 Å². The van der Waals surface area contributed by atoms with Crippen molar-refractivity contribution < 1.29 is 0 Å². The third-order valence-corrected chi connectivity index (χ3v) is 3.73. The zero-order valence-electron chi connectivity index (χ0n) is 10.2. The maximum atomic E-state index is 4.61. The van der Waals surface area contributed by atoms with Crippen molar-refractivity contribution in [1.29, 1.82) is 0 Å². The second-order valence-electron chi connectivity index (χ2n) is 4.95. The number of nitrogens with zero attached hydrogens (tertiary/aromatic N) is 2. The predicted molar refractivity (Wildman–Crippen MR) is 69.1 cm³/mol. The van der Waals surface area contributed by atoms with Crippen LogP contribution in [0.4, 0.5) is 5.13 Å². The topological polar surface area (TPSA) is 37.8 Å². The van der Waals surface area contributed by atoms with Gasteiger partial charge in [-0.1, -0.05) is 25.7 Å². The first-order valence-corrected chi connectivity index (χ1v) is 7.13. The van der Waals surface area contributed by atoms with Crippen molar-refractivity contribution in [3.8, 4) is 0 Å². The van der Waals surface area contributed by atoms with Crippen LogP contribution in [0.15, 0.2) is 0 Å². The van der Waals surface area contributed by atoms with Crippen LogP contribution in [-0.2, 0) is 0 Å². The van der Waals surface area contributed by atoms with Crippen LogP contribution < -0.4 is 5.32 Å². The summed E-state index contributed by atoms with van der Waals surface area (Å²) in [4.78, 5) is 4.61. The SMILES string of the molecule is CC(C)Nc1nc(C2CCCCCC2)ns1. The zero-order chi connectivity index (χ0) is 11.4. The molecule has 1 aliphatic rings. The average molecular weight is 239 g/mol. The largest absolute Gasteiger partial charge is 0.358 e. The minimum absolute atomic E-state index is 0.440. The molecule has 0 aromatic carbocycles. The van der Waals surface area contributed by atoms with E-state index in [4.69, 9.17) is 0 Å². The molecule has 1 heterocycles. The smallest absolute Gasteiger partial charge is 0.202 e. The summed E-state index contributed by atoms with van der Waals surface area (Å²) < 4.78 is 4.50. The lowest BCUT2D eigenvalue weighted by atomic mass is 10.00. The Hall–Kier alpha value is -0.640. The van der Waals surface area contributed by atoms with Gasteiger partial charge in [-0.05, 0) is 26.7 Å². The molecule has 0 radical (unpaired) electrons. The van der Waals surface area contributed by atoms with Gasteiger partial charge in [0.25, 0.3) is 0 Å². The van der Waals surface area contributed by atoms with Gasteiger partial charge in [0, 0.05) is 23.5 Å². The molecule has 1 aromatic heterocycles. The normalized spacial score (nSPS) is 18.7. The van der Waals surface area contributed by atoms with Crippen LogP contribution in [0.1, 0.15) is 64.1 Å². The van der Waals surface area contributed by atoms with Gasteiger partial charge in [-0.25, -0.2) is 4.98 Å². The fourth-order valence-electron chi connectivity index (χ4n) is 2.24. The van der Waals surface area contributed by atoms with Crippen molar-refractivity contribution in [3.05, 3.63) is 5.82 Å². The third-order valence-electron chi connectivity index (χ3n) is 3.07. The Morgan fingerprint density at radius 2 is 1.88 bits per heavy atom. The second kappa shape index (κ2) is 5.62. The summed E-state index contributed by atoms with van der Waals surface area (Å²) in [5.74, 6) is 1.69. The second-order valence-corrected chi connectivity index (χ2v) is 5.70. The molecule has 4 heteroatoms. The molecule has 1 fully saturated rings. The molecule has 3 nitrogen and oxygen atoms in total. The van der Waals surface area contributed by atoms with Gasteiger partial charge in [0.15, 0.2) is 0 Å². The Morgan fingerprint density at radius 1 is 1.19 bits per heavy atom. The number of anilines is 1. The van der Waals surface area contributed by atoms with Gasteiger partial charge in [0.05, 0.1) is 0 Å². The van der Waals surface area contributed by atoms with Crippen molar-refractivity contribution >= 4 is 16.7 Å². The summed E-state index contributed by atoms with van der Waals surface area (Å²) in [6, 6.07) is 0.440. The lowest BCUT2D eigenvalue weighted by molar-refractivity contribution is 0.568. The Balaban J connectivity index is 1.99. The summed E-state index contributed by atoms with van der Waals surface area (Å²) in [5, 5.41) is 4.31. The van der Waals surface area contributed by atoms with Crippen LogP contribution in [-0.4, -0.2) is 15.4 Å². The van der Waals surface area contributed by atoms with E-state index in [1.165, 1.54) is 50.1 Å². The predicted octanol–water partition coefficient (Wildman–Crippen LogP) is 3.80. The van der Waals surface area contributed by atoms with E-state index in [1.54, 1.807) is 0 Å². The van der Waals surface area contributed by atoms with Gasteiger partial charge in [0.1, 0.15) is 5.82 Å². The Kier molecular flexibility index (Phi) is 4.16. The molecule has 0 bridgehead atoms. The first-order chi connectivity index (χ1) is 7.75. The fourth-order valence-corrected chi connectivity index (χ4v) is 3.04. The lowest BCUT2D eigenvalue weighted by Gasteiger charge is -2.09. The molecule has 90 valence electrons. The highest BCUT2D eigenvalue weighted by Gasteiger charge is 2.18. The summed E-state index contributed by atoms with van der Waals surface area (Å²) >= 11 is 1.51. The fraction of sp³-hybridized carbons (Fsp3) is 0.833. The quantitative estimate of drug-likeness (QED) is 0.815. The number of hydrogen-bond acceptors (Lipinski definition) is 4. The molecule has 1 saturated carbocycles. The van der Waals surface area contributed by atoms with Gasteiger partial charge in [-0.3, -0.25) is 0 Å². The van der Waals surface area contributed by atoms with E-state index in [9.17, 15) is 0 Å². The average Bonchev–Trinajstić information content (AvgIpc) is 2.53. The van der Waals surface area contributed by atoms with Crippen molar-refractivity contribution in [2.24, 2.45) is 0 Å². The number of hydrogen-bond donors (Lipinski definition) is 1. The van der Waals surface area contributed by atoms with E-state index in [0.717, 1.165) is 11.0 Å². The molecule has 0 saturated heterocycles. The standard InChI is InChI=1S/C12H21N3S/c1-9(2)13-12-14-11(15-16-12)10-7-5-3-4-6-8-10/h9-10H,3-8H2,1-2H3,(H,13,14,15). The minimum Gasteiger partial charge on any atom is -0.358 e. The molecule has 0 aliphatic heterocycles. The highest BCUT2D eigenvalue weighted by molar-refractivity contribution is 7.09. The number of nitrogens with one attached hydrogen (secondary N) is 1. The Labute approximate surface area is 102 Å². The molecule has 0 amide bonds. The summed E-state index contributed by atoms with van der Waals surface area (Å²) in [6.07, 6.45) is 8.01. The van der Waals surface area contributed by atoms with Crippen molar-refractivity contribution in [2.75, 3.05) is 5.32 Å².